The Labute approximate surface area is 73.8 Å². The van der Waals surface area contributed by atoms with E-state index in [9.17, 15) is 9.59 Å². The molecular weight excluding hydrogens is 186 g/mol. The molecule has 0 unspecified atom stereocenters. The Hall–Kier alpha value is -1.28. The topological polar surface area (TPSA) is 204 Å². The molecule has 0 aromatic rings. The minimum absolute atomic E-state index is 0. The number of rotatable bonds is 0. The molecule has 0 aliphatic carbocycles. The lowest BCUT2D eigenvalue weighted by atomic mass is 10.3. The standard InChI is InChI=1S/C5H5NO2.5H2O/c7-3-4-5(8)1-2-6-4;;;;;/h6H,1-2H2;5*1H2. The van der Waals surface area contributed by atoms with Gasteiger partial charge in [0.1, 0.15) is 0 Å². The van der Waals surface area contributed by atoms with E-state index in [1.165, 1.54) is 5.94 Å². The fraction of sp³-hybridized carbons (Fsp3) is 0.400. The predicted molar refractivity (Wildman–Crippen MR) is 44.9 cm³/mol. The Kier molecular flexibility index (Phi) is 30.6. The smallest absolute Gasteiger partial charge is 0.191 e. The summed E-state index contributed by atoms with van der Waals surface area (Å²) in [5, 5.41) is 2.60. The van der Waals surface area contributed by atoms with Gasteiger partial charge in [0.2, 0.25) is 0 Å². The van der Waals surface area contributed by atoms with Gasteiger partial charge in [-0.2, -0.15) is 0 Å². The van der Waals surface area contributed by atoms with Gasteiger partial charge in [0.05, 0.1) is 0 Å². The van der Waals surface area contributed by atoms with E-state index in [4.69, 9.17) is 0 Å². The number of carbonyl (C=O) groups is 1. The normalized spacial score (nSPS) is 11.1. The molecule has 1 aliphatic rings. The third-order valence-corrected chi connectivity index (χ3v) is 1.03. The van der Waals surface area contributed by atoms with Crippen molar-refractivity contribution in [3.05, 3.63) is 5.70 Å². The van der Waals surface area contributed by atoms with Crippen LogP contribution in [-0.4, -0.2) is 45.7 Å². The van der Waals surface area contributed by atoms with Crippen molar-refractivity contribution in [1.29, 1.82) is 0 Å². The number of allylic oxidation sites excluding steroid dienone is 1. The third-order valence-electron chi connectivity index (χ3n) is 1.03. The molecule has 0 aromatic carbocycles. The van der Waals surface area contributed by atoms with E-state index in [-0.39, 0.29) is 38.9 Å². The maximum atomic E-state index is 10.4. The first-order valence-corrected chi connectivity index (χ1v) is 2.37. The molecule has 11 N–H and O–H groups in total. The summed E-state index contributed by atoms with van der Waals surface area (Å²) in [4.78, 5) is 20.2. The molecule has 1 saturated heterocycles. The molecule has 0 spiro atoms. The molecule has 1 rings (SSSR count). The summed E-state index contributed by atoms with van der Waals surface area (Å²) >= 11 is 0. The summed E-state index contributed by atoms with van der Waals surface area (Å²) in [6.07, 6.45) is 0.435. The molecule has 0 atom stereocenters. The summed E-state index contributed by atoms with van der Waals surface area (Å²) < 4.78 is 0. The predicted octanol–water partition coefficient (Wildman–Crippen LogP) is -4.86. The van der Waals surface area contributed by atoms with Crippen molar-refractivity contribution in [2.45, 2.75) is 6.42 Å². The van der Waals surface area contributed by atoms with E-state index in [2.05, 4.69) is 5.32 Å². The summed E-state index contributed by atoms with van der Waals surface area (Å²) in [6, 6.07) is 0. The van der Waals surface area contributed by atoms with Crippen LogP contribution in [0.15, 0.2) is 5.70 Å². The number of Topliss-reactive ketones (excluding diaryl/α,β-unsaturated/α-hetero) is 1. The molecule has 8 heteroatoms. The van der Waals surface area contributed by atoms with Gasteiger partial charge in [-0.25, -0.2) is 4.79 Å². The van der Waals surface area contributed by atoms with E-state index in [1.807, 2.05) is 0 Å². The van der Waals surface area contributed by atoms with E-state index < -0.39 is 0 Å². The van der Waals surface area contributed by atoms with Crippen LogP contribution in [0.25, 0.3) is 0 Å². The van der Waals surface area contributed by atoms with Crippen molar-refractivity contribution in [1.82, 2.24) is 5.32 Å². The van der Waals surface area contributed by atoms with Gasteiger partial charge in [-0.1, -0.05) is 0 Å². The highest BCUT2D eigenvalue weighted by atomic mass is 16.1. The molecule has 8 nitrogen and oxygen atoms in total. The second-order valence-corrected chi connectivity index (χ2v) is 1.58. The van der Waals surface area contributed by atoms with Crippen LogP contribution in [0, 0.1) is 0 Å². The zero-order valence-corrected chi connectivity index (χ0v) is 6.73. The van der Waals surface area contributed by atoms with Gasteiger partial charge in [-0.3, -0.25) is 4.79 Å². The molecule has 82 valence electrons. The number of nitrogens with one attached hydrogen (secondary N) is 1. The minimum atomic E-state index is -0.125. The van der Waals surface area contributed by atoms with Crippen molar-refractivity contribution in [2.75, 3.05) is 6.54 Å². The molecular formula is C5H15NO7. The summed E-state index contributed by atoms with van der Waals surface area (Å²) in [7, 11) is 0. The second kappa shape index (κ2) is 13.3. The zero-order chi connectivity index (χ0) is 5.98. The van der Waals surface area contributed by atoms with Crippen LogP contribution >= 0.6 is 0 Å². The van der Waals surface area contributed by atoms with E-state index >= 15 is 0 Å². The monoisotopic (exact) mass is 201 g/mol. The molecule has 13 heavy (non-hydrogen) atoms. The first-order valence-electron chi connectivity index (χ1n) is 2.37. The third kappa shape index (κ3) is 7.09. The van der Waals surface area contributed by atoms with Gasteiger partial charge in [0.25, 0.3) is 0 Å². The lowest BCUT2D eigenvalue weighted by Gasteiger charge is -1.82. The molecule has 1 aliphatic heterocycles. The van der Waals surface area contributed by atoms with Gasteiger partial charge in [-0.05, 0) is 0 Å². The number of carbonyl (C=O) groups excluding carboxylic acids is 2. The maximum Gasteiger partial charge on any atom is 0.191 e. The Bertz CT molecular complexity index is 174. The molecule has 0 amide bonds. The summed E-state index contributed by atoms with van der Waals surface area (Å²) in [6.45, 7) is 0.587. The van der Waals surface area contributed by atoms with E-state index in [0.717, 1.165) is 0 Å². The van der Waals surface area contributed by atoms with Crippen LogP contribution in [0.4, 0.5) is 0 Å². The fourth-order valence-corrected chi connectivity index (χ4v) is 0.618. The van der Waals surface area contributed by atoms with Gasteiger partial charge in [-0.15, -0.1) is 0 Å². The molecule has 1 fully saturated rings. The molecule has 0 radical (unpaired) electrons. The van der Waals surface area contributed by atoms with Gasteiger partial charge >= 0.3 is 0 Å². The van der Waals surface area contributed by atoms with Gasteiger partial charge < -0.3 is 32.7 Å². The number of hydrogen-bond acceptors (Lipinski definition) is 3. The first kappa shape index (κ1) is 29.8. The molecule has 0 bridgehead atoms. The van der Waals surface area contributed by atoms with Crippen molar-refractivity contribution in [3.8, 4) is 0 Å². The lowest BCUT2D eigenvalue weighted by Crippen LogP contribution is -2.06. The highest BCUT2D eigenvalue weighted by molar-refractivity contribution is 6.03. The van der Waals surface area contributed by atoms with E-state index in [1.54, 1.807) is 0 Å². The minimum Gasteiger partial charge on any atom is -0.412 e. The average Bonchev–Trinajstić information content (AvgIpc) is 2.14. The first-order chi connectivity index (χ1) is 3.84. The Morgan fingerprint density at radius 3 is 1.69 bits per heavy atom. The van der Waals surface area contributed by atoms with Crippen molar-refractivity contribution >= 4 is 11.7 Å². The quantitative estimate of drug-likeness (QED) is 0.302. The number of ketones is 1. The highest BCUT2D eigenvalue weighted by Crippen LogP contribution is 1.98. The molecule has 0 aromatic heterocycles. The van der Waals surface area contributed by atoms with Crippen molar-refractivity contribution < 1.29 is 37.0 Å². The van der Waals surface area contributed by atoms with Crippen LogP contribution in [0.5, 0.6) is 0 Å². The van der Waals surface area contributed by atoms with Gasteiger partial charge in [0.15, 0.2) is 17.4 Å². The van der Waals surface area contributed by atoms with Crippen molar-refractivity contribution in [3.63, 3.8) is 0 Å². The van der Waals surface area contributed by atoms with E-state index in [0.29, 0.717) is 13.0 Å². The fourth-order valence-electron chi connectivity index (χ4n) is 0.618. The Morgan fingerprint density at radius 1 is 1.08 bits per heavy atom. The zero-order valence-electron chi connectivity index (χ0n) is 6.73. The van der Waals surface area contributed by atoms with Crippen LogP contribution in [0.2, 0.25) is 0 Å². The summed E-state index contributed by atoms with van der Waals surface area (Å²) in [5.41, 5.74) is 0.102. The second-order valence-electron chi connectivity index (χ2n) is 1.58. The highest BCUT2D eigenvalue weighted by Gasteiger charge is 2.16. The van der Waals surface area contributed by atoms with Crippen LogP contribution in [0.1, 0.15) is 6.42 Å². The Balaban J connectivity index is -0.0000000427. The van der Waals surface area contributed by atoms with Crippen LogP contribution in [0.3, 0.4) is 0 Å². The van der Waals surface area contributed by atoms with Crippen LogP contribution < -0.4 is 5.32 Å². The summed E-state index contributed by atoms with van der Waals surface area (Å²) in [5.74, 6) is 1.39. The van der Waals surface area contributed by atoms with Crippen molar-refractivity contribution in [2.24, 2.45) is 0 Å². The van der Waals surface area contributed by atoms with Crippen LogP contribution in [-0.2, 0) is 9.59 Å². The largest absolute Gasteiger partial charge is 0.412 e. The lowest BCUT2D eigenvalue weighted by molar-refractivity contribution is -0.114. The number of hydrogen-bond donors (Lipinski definition) is 1. The molecule has 1 heterocycles. The molecule has 0 saturated carbocycles. The SMILES string of the molecule is O.O.O.O.O.O=C=C1NCCC1=O. The average molecular weight is 201 g/mol. The maximum absolute atomic E-state index is 10.4. The van der Waals surface area contributed by atoms with Gasteiger partial charge in [0, 0.05) is 13.0 Å². The Morgan fingerprint density at radius 2 is 1.54 bits per heavy atom.